The van der Waals surface area contributed by atoms with Crippen LogP contribution in [-0.2, 0) is 8.85 Å². The number of aliphatic hydroxyl groups is 3. The molecule has 3 N–H and O–H groups in total. The van der Waals surface area contributed by atoms with E-state index >= 15 is 0 Å². The van der Waals surface area contributed by atoms with Gasteiger partial charge in [0.2, 0.25) is 0 Å². The lowest BCUT2D eigenvalue weighted by molar-refractivity contribution is -0.343. The van der Waals surface area contributed by atoms with Crippen molar-refractivity contribution in [2.75, 3.05) is 0 Å². The van der Waals surface area contributed by atoms with Gasteiger partial charge in [-0.25, -0.2) is 0 Å². The molecular weight excluding hydrogens is 320 g/mol. The third-order valence-corrected chi connectivity index (χ3v) is 5.76. The molecule has 0 aromatic carbocycles. The second-order valence-electron chi connectivity index (χ2n) is 7.57. The summed E-state index contributed by atoms with van der Waals surface area (Å²) in [5.74, 6) is -2.11. The Kier molecular flexibility index (Phi) is 8.52. The van der Waals surface area contributed by atoms with Crippen molar-refractivity contribution in [3.8, 4) is 0 Å². The van der Waals surface area contributed by atoms with Gasteiger partial charge in [-0.05, 0) is 45.7 Å². The molecule has 0 saturated heterocycles. The summed E-state index contributed by atoms with van der Waals surface area (Å²) in [5, 5.41) is 31.2. The molecule has 0 heterocycles. The molecule has 0 aliphatic heterocycles. The minimum absolute atomic E-state index is 0.0470. The highest BCUT2D eigenvalue weighted by atomic mass is 28.4. The summed E-state index contributed by atoms with van der Waals surface area (Å²) < 4.78 is 11.4. The summed E-state index contributed by atoms with van der Waals surface area (Å²) in [6, 6.07) is 1.12. The lowest BCUT2D eigenvalue weighted by Crippen LogP contribution is -2.60. The van der Waals surface area contributed by atoms with Crippen LogP contribution in [-0.4, -0.2) is 59.7 Å². The maximum atomic E-state index is 10.7. The average molecular weight is 355 g/mol. The Balaban J connectivity index is 5.01. The Morgan fingerprint density at radius 2 is 1.43 bits per heavy atom. The Hall–Kier alpha value is 0.451. The van der Waals surface area contributed by atoms with E-state index in [0.29, 0.717) is 6.42 Å². The van der Waals surface area contributed by atoms with Crippen LogP contribution in [0, 0.1) is 0 Å². The number of hydrogen-bond donors (Lipinski definition) is 3. The molecule has 2 unspecified atom stereocenters. The molecule has 0 rings (SSSR count). The van der Waals surface area contributed by atoms with Crippen molar-refractivity contribution in [3.63, 3.8) is 0 Å². The molecule has 128 valence electrons. The van der Waals surface area contributed by atoms with Gasteiger partial charge in [-0.15, -0.1) is 0 Å². The molecule has 0 aromatic heterocycles. The van der Waals surface area contributed by atoms with E-state index in [4.69, 9.17) is 8.85 Å². The van der Waals surface area contributed by atoms with Gasteiger partial charge in [-0.1, -0.05) is 19.0 Å². The first-order valence-electron chi connectivity index (χ1n) is 7.79. The minimum Gasteiger partial charge on any atom is -0.390 e. The van der Waals surface area contributed by atoms with Gasteiger partial charge in [-0.3, -0.25) is 0 Å². The SMILES string of the molecule is C[SiH2]CCCC(O)C(O)C(O)(O[Si](C)(C)C)O[Si](C)(C)C. The highest BCUT2D eigenvalue weighted by Gasteiger charge is 2.48. The number of rotatable bonds is 10. The van der Waals surface area contributed by atoms with Crippen molar-refractivity contribution >= 4 is 26.2 Å². The minimum atomic E-state index is -2.16. The Labute approximate surface area is 133 Å². The van der Waals surface area contributed by atoms with Crippen LogP contribution in [0.3, 0.4) is 0 Å². The lowest BCUT2D eigenvalue weighted by Gasteiger charge is -2.42. The predicted molar refractivity (Wildman–Crippen MR) is 94.3 cm³/mol. The van der Waals surface area contributed by atoms with Gasteiger partial charge in [0.25, 0.3) is 5.97 Å². The van der Waals surface area contributed by atoms with E-state index in [-0.39, 0.29) is 9.52 Å². The molecule has 0 aliphatic rings. The molecule has 8 heteroatoms. The molecular formula is C13H34O5Si3. The second kappa shape index (κ2) is 8.34. The van der Waals surface area contributed by atoms with Crippen LogP contribution in [0.1, 0.15) is 12.8 Å². The quantitative estimate of drug-likeness (QED) is 0.314. The third-order valence-electron chi connectivity index (χ3n) is 2.75. The molecule has 0 fully saturated rings. The van der Waals surface area contributed by atoms with Crippen molar-refractivity contribution in [2.45, 2.75) is 82.9 Å². The van der Waals surface area contributed by atoms with Crippen LogP contribution >= 0.6 is 0 Å². The molecule has 0 radical (unpaired) electrons. The van der Waals surface area contributed by atoms with Crippen molar-refractivity contribution < 1.29 is 24.2 Å². The summed E-state index contributed by atoms with van der Waals surface area (Å²) in [4.78, 5) is 0. The highest BCUT2D eigenvalue weighted by molar-refractivity contribution is 6.70. The summed E-state index contributed by atoms with van der Waals surface area (Å²) in [7, 11) is -4.36. The zero-order valence-electron chi connectivity index (χ0n) is 14.6. The van der Waals surface area contributed by atoms with Gasteiger partial charge in [-0.2, -0.15) is 0 Å². The largest absolute Gasteiger partial charge is 0.390 e. The molecule has 21 heavy (non-hydrogen) atoms. The molecule has 0 spiro atoms. The monoisotopic (exact) mass is 354 g/mol. The normalized spacial score (nSPS) is 17.4. The fourth-order valence-electron chi connectivity index (χ4n) is 2.02. The molecule has 0 amide bonds. The van der Waals surface area contributed by atoms with E-state index in [1.807, 2.05) is 39.3 Å². The molecule has 5 nitrogen and oxygen atoms in total. The smallest absolute Gasteiger partial charge is 0.291 e. The summed E-state index contributed by atoms with van der Waals surface area (Å²) >= 11 is 0. The topological polar surface area (TPSA) is 79.2 Å². The van der Waals surface area contributed by atoms with Crippen molar-refractivity contribution in [3.05, 3.63) is 0 Å². The molecule has 2 atom stereocenters. The fraction of sp³-hybridized carbons (Fsp3) is 1.00. The Bertz CT molecular complexity index is 285. The van der Waals surface area contributed by atoms with Crippen molar-refractivity contribution in [1.29, 1.82) is 0 Å². The van der Waals surface area contributed by atoms with Crippen LogP contribution in [0.2, 0.25) is 51.9 Å². The lowest BCUT2D eigenvalue weighted by atomic mass is 10.1. The third kappa shape index (κ3) is 9.24. The maximum absolute atomic E-state index is 10.7. The van der Waals surface area contributed by atoms with Gasteiger partial charge < -0.3 is 24.2 Å². The number of aliphatic hydroxyl groups excluding tert-OH is 2. The van der Waals surface area contributed by atoms with Crippen LogP contribution in [0.4, 0.5) is 0 Å². The Morgan fingerprint density at radius 1 is 1.00 bits per heavy atom. The summed E-state index contributed by atoms with van der Waals surface area (Å²) in [5.41, 5.74) is 0. The van der Waals surface area contributed by atoms with Crippen LogP contribution in [0.5, 0.6) is 0 Å². The molecule has 0 aromatic rings. The van der Waals surface area contributed by atoms with Gasteiger partial charge in [0.1, 0.15) is 0 Å². The zero-order valence-corrected chi connectivity index (χ0v) is 18.1. The summed E-state index contributed by atoms with van der Waals surface area (Å²) in [6.45, 7) is 13.7. The van der Waals surface area contributed by atoms with E-state index in [0.717, 1.165) is 12.5 Å². The van der Waals surface area contributed by atoms with Crippen LogP contribution in [0.25, 0.3) is 0 Å². The first kappa shape index (κ1) is 21.5. The Morgan fingerprint density at radius 3 is 1.76 bits per heavy atom. The molecule has 0 saturated carbocycles. The standard InChI is InChI=1S/C13H34O5Si3/c1-19-10-8-9-11(14)12(15)13(16,17-20(2,3)4)18-21(5,6)7/h11-12,14-16H,8-10,19H2,1-7H3. The zero-order chi connectivity index (χ0) is 16.9. The van der Waals surface area contributed by atoms with Crippen molar-refractivity contribution in [1.82, 2.24) is 0 Å². The van der Waals surface area contributed by atoms with Gasteiger partial charge in [0.15, 0.2) is 22.7 Å². The average Bonchev–Trinajstić information content (AvgIpc) is 2.22. The van der Waals surface area contributed by atoms with Crippen molar-refractivity contribution in [2.24, 2.45) is 0 Å². The highest BCUT2D eigenvalue weighted by Crippen LogP contribution is 2.28. The molecule has 0 bridgehead atoms. The maximum Gasteiger partial charge on any atom is 0.291 e. The van der Waals surface area contributed by atoms with Crippen LogP contribution in [0.15, 0.2) is 0 Å². The van der Waals surface area contributed by atoms with Gasteiger partial charge >= 0.3 is 0 Å². The van der Waals surface area contributed by atoms with E-state index in [1.54, 1.807) is 0 Å². The van der Waals surface area contributed by atoms with E-state index < -0.39 is 34.8 Å². The van der Waals surface area contributed by atoms with E-state index in [1.165, 1.54) is 0 Å². The van der Waals surface area contributed by atoms with Gasteiger partial charge in [0, 0.05) is 9.52 Å². The first-order valence-corrected chi connectivity index (χ1v) is 17.0. The first-order chi connectivity index (χ1) is 9.31. The van der Waals surface area contributed by atoms with E-state index in [9.17, 15) is 15.3 Å². The molecule has 0 aliphatic carbocycles. The van der Waals surface area contributed by atoms with Crippen LogP contribution < -0.4 is 0 Å². The van der Waals surface area contributed by atoms with Gasteiger partial charge in [0.05, 0.1) is 6.10 Å². The summed E-state index contributed by atoms with van der Waals surface area (Å²) in [6.07, 6.45) is -1.18. The van der Waals surface area contributed by atoms with E-state index in [2.05, 4.69) is 6.55 Å². The number of hydrogen-bond acceptors (Lipinski definition) is 5. The second-order valence-corrected chi connectivity index (χ2v) is 18.1. The fourth-order valence-corrected chi connectivity index (χ4v) is 4.98. The predicted octanol–water partition coefficient (Wildman–Crippen LogP) is 1.47.